The van der Waals surface area contributed by atoms with Crippen LogP contribution in [0.15, 0.2) is 66.7 Å². The molecule has 4 aromatic rings. The predicted octanol–water partition coefficient (Wildman–Crippen LogP) is 3.68. The van der Waals surface area contributed by atoms with E-state index in [2.05, 4.69) is 10.1 Å². The van der Waals surface area contributed by atoms with Crippen molar-refractivity contribution in [3.8, 4) is 11.4 Å². The van der Waals surface area contributed by atoms with Crippen LogP contribution in [0.25, 0.3) is 22.2 Å². The lowest BCUT2D eigenvalue weighted by molar-refractivity contribution is 0.0949. The molecule has 4 rings (SSSR count). The van der Waals surface area contributed by atoms with Crippen LogP contribution in [0.5, 0.6) is 0 Å². The first-order valence-corrected chi connectivity index (χ1v) is 7.95. The van der Waals surface area contributed by atoms with Crippen molar-refractivity contribution in [2.75, 3.05) is 5.73 Å². The third-order valence-electron chi connectivity index (χ3n) is 4.15. The smallest absolute Gasteiger partial charge is 0.282 e. The van der Waals surface area contributed by atoms with Gasteiger partial charge in [-0.1, -0.05) is 66.2 Å². The lowest BCUT2D eigenvalue weighted by Gasteiger charge is -2.05. The van der Waals surface area contributed by atoms with Crippen molar-refractivity contribution in [1.82, 2.24) is 14.8 Å². The summed E-state index contributed by atoms with van der Waals surface area (Å²) < 4.78 is 1.16. The van der Waals surface area contributed by atoms with Crippen LogP contribution in [0.2, 0.25) is 0 Å². The Bertz CT molecular complexity index is 1080. The Balaban J connectivity index is 1.79. The highest BCUT2D eigenvalue weighted by Crippen LogP contribution is 2.22. The first kappa shape index (κ1) is 15.1. The quantitative estimate of drug-likeness (QED) is 0.609. The van der Waals surface area contributed by atoms with Gasteiger partial charge in [-0.3, -0.25) is 4.79 Å². The van der Waals surface area contributed by atoms with Gasteiger partial charge in [0.15, 0.2) is 5.82 Å². The predicted molar refractivity (Wildman–Crippen MR) is 98.3 cm³/mol. The van der Waals surface area contributed by atoms with Crippen LogP contribution in [0, 0.1) is 6.92 Å². The van der Waals surface area contributed by atoms with E-state index in [1.165, 1.54) is 0 Å². The van der Waals surface area contributed by atoms with Gasteiger partial charge >= 0.3 is 0 Å². The zero-order valence-corrected chi connectivity index (χ0v) is 13.7. The average molecular weight is 328 g/mol. The van der Waals surface area contributed by atoms with Crippen LogP contribution < -0.4 is 5.73 Å². The minimum absolute atomic E-state index is 0.0773. The van der Waals surface area contributed by atoms with Gasteiger partial charge in [-0.15, -0.1) is 5.10 Å². The number of carbonyl (C=O) groups excluding carboxylic acids is 1. The van der Waals surface area contributed by atoms with E-state index in [1.807, 2.05) is 67.6 Å². The van der Waals surface area contributed by atoms with Crippen LogP contribution >= 0.6 is 0 Å². The highest BCUT2D eigenvalue weighted by atomic mass is 16.2. The van der Waals surface area contributed by atoms with Gasteiger partial charge in [0.05, 0.1) is 0 Å². The van der Waals surface area contributed by atoms with Crippen molar-refractivity contribution >= 4 is 22.6 Å². The first-order chi connectivity index (χ1) is 12.1. The third-order valence-corrected chi connectivity index (χ3v) is 4.15. The van der Waals surface area contributed by atoms with E-state index in [4.69, 9.17) is 5.73 Å². The molecule has 0 radical (unpaired) electrons. The summed E-state index contributed by atoms with van der Waals surface area (Å²) in [5.41, 5.74) is 8.47. The normalized spacial score (nSPS) is 10.9. The maximum atomic E-state index is 13.0. The fraction of sp³-hybridized carbons (Fsp3) is 0.0500. The van der Waals surface area contributed by atoms with Gasteiger partial charge < -0.3 is 5.73 Å². The second kappa shape index (κ2) is 5.87. The fourth-order valence-corrected chi connectivity index (χ4v) is 2.82. The van der Waals surface area contributed by atoms with E-state index >= 15 is 0 Å². The van der Waals surface area contributed by atoms with E-state index in [0.29, 0.717) is 11.4 Å². The van der Waals surface area contributed by atoms with Crippen LogP contribution in [0.3, 0.4) is 0 Å². The van der Waals surface area contributed by atoms with Gasteiger partial charge in [0, 0.05) is 11.1 Å². The van der Waals surface area contributed by atoms with Gasteiger partial charge in [-0.05, 0) is 23.8 Å². The maximum Gasteiger partial charge on any atom is 0.282 e. The number of nitrogens with zero attached hydrogens (tertiary/aromatic N) is 3. The number of hydrogen-bond acceptors (Lipinski definition) is 4. The molecule has 0 unspecified atom stereocenters. The monoisotopic (exact) mass is 328 g/mol. The number of benzene rings is 3. The highest BCUT2D eigenvalue weighted by molar-refractivity contribution is 6.08. The van der Waals surface area contributed by atoms with E-state index < -0.39 is 0 Å². The molecule has 3 aromatic carbocycles. The SMILES string of the molecule is Cc1ccc(-c2nc(N)n(C(=O)c3cccc4ccccc34)n2)cc1. The minimum atomic E-state index is -0.292. The fourth-order valence-electron chi connectivity index (χ4n) is 2.82. The number of hydrogen-bond donors (Lipinski definition) is 1. The Labute approximate surface area is 144 Å². The Morgan fingerprint density at radius 1 is 0.960 bits per heavy atom. The first-order valence-electron chi connectivity index (χ1n) is 7.95. The van der Waals surface area contributed by atoms with Gasteiger partial charge in [-0.2, -0.15) is 9.67 Å². The summed E-state index contributed by atoms with van der Waals surface area (Å²) in [5, 5.41) is 6.18. The van der Waals surface area contributed by atoms with E-state index in [-0.39, 0.29) is 11.9 Å². The Kier molecular flexibility index (Phi) is 3.54. The molecule has 0 saturated carbocycles. The zero-order chi connectivity index (χ0) is 17.4. The molecule has 0 fully saturated rings. The Morgan fingerprint density at radius 2 is 1.68 bits per heavy atom. The molecular weight excluding hydrogens is 312 g/mol. The van der Waals surface area contributed by atoms with E-state index in [1.54, 1.807) is 6.07 Å². The molecule has 2 N–H and O–H groups in total. The lowest BCUT2D eigenvalue weighted by Crippen LogP contribution is -2.16. The largest absolute Gasteiger partial charge is 0.368 e. The molecule has 25 heavy (non-hydrogen) atoms. The molecule has 0 spiro atoms. The number of fused-ring (bicyclic) bond motifs is 1. The molecule has 0 aliphatic heterocycles. The summed E-state index contributed by atoms with van der Waals surface area (Å²) in [6, 6.07) is 21.1. The van der Waals surface area contributed by atoms with Gasteiger partial charge in [0.2, 0.25) is 5.95 Å². The molecule has 1 aromatic heterocycles. The molecule has 0 aliphatic rings. The highest BCUT2D eigenvalue weighted by Gasteiger charge is 2.18. The van der Waals surface area contributed by atoms with Crippen LogP contribution in [-0.2, 0) is 0 Å². The van der Waals surface area contributed by atoms with Crippen molar-refractivity contribution in [1.29, 1.82) is 0 Å². The molecule has 0 aliphatic carbocycles. The summed E-state index contributed by atoms with van der Waals surface area (Å²) in [4.78, 5) is 17.2. The number of carbonyl (C=O) groups is 1. The summed E-state index contributed by atoms with van der Waals surface area (Å²) >= 11 is 0. The molecule has 122 valence electrons. The van der Waals surface area contributed by atoms with Gasteiger partial charge in [0.25, 0.3) is 5.91 Å². The topological polar surface area (TPSA) is 73.8 Å². The van der Waals surface area contributed by atoms with E-state index in [9.17, 15) is 4.79 Å². The number of rotatable bonds is 2. The molecular formula is C20H16N4O. The Morgan fingerprint density at radius 3 is 2.48 bits per heavy atom. The Hall–Kier alpha value is -3.47. The summed E-state index contributed by atoms with van der Waals surface area (Å²) in [5.74, 6) is 0.222. The van der Waals surface area contributed by atoms with Crippen molar-refractivity contribution < 1.29 is 4.79 Å². The standard InChI is InChI=1S/C20H16N4O/c1-13-9-11-15(12-10-13)18-22-20(21)24(23-18)19(25)17-8-4-6-14-5-2-3-7-16(14)17/h2-12H,1H3,(H2,21,22,23). The molecule has 0 saturated heterocycles. The van der Waals surface area contributed by atoms with Gasteiger partial charge in [0.1, 0.15) is 0 Å². The second-order valence-electron chi connectivity index (χ2n) is 5.90. The molecule has 0 atom stereocenters. The lowest BCUT2D eigenvalue weighted by atomic mass is 10.0. The van der Waals surface area contributed by atoms with Crippen LogP contribution in [0.4, 0.5) is 5.95 Å². The number of nitrogen functional groups attached to an aromatic ring is 1. The van der Waals surface area contributed by atoms with Crippen molar-refractivity contribution in [3.63, 3.8) is 0 Å². The number of anilines is 1. The number of nitrogens with two attached hydrogens (primary N) is 1. The second-order valence-corrected chi connectivity index (χ2v) is 5.90. The molecule has 0 bridgehead atoms. The van der Waals surface area contributed by atoms with Crippen molar-refractivity contribution in [2.45, 2.75) is 6.92 Å². The molecule has 5 heteroatoms. The minimum Gasteiger partial charge on any atom is -0.368 e. The third kappa shape index (κ3) is 2.65. The van der Waals surface area contributed by atoms with Gasteiger partial charge in [-0.25, -0.2) is 0 Å². The molecule has 5 nitrogen and oxygen atoms in total. The van der Waals surface area contributed by atoms with E-state index in [0.717, 1.165) is 26.6 Å². The average Bonchev–Trinajstić information content (AvgIpc) is 3.03. The summed E-state index contributed by atoms with van der Waals surface area (Å²) in [6.45, 7) is 2.01. The number of aryl methyl sites for hydroxylation is 1. The maximum absolute atomic E-state index is 13.0. The molecule has 0 amide bonds. The van der Waals surface area contributed by atoms with Crippen molar-refractivity contribution in [3.05, 3.63) is 77.9 Å². The number of aromatic nitrogens is 3. The summed E-state index contributed by atoms with van der Waals surface area (Å²) in [6.07, 6.45) is 0. The zero-order valence-electron chi connectivity index (χ0n) is 13.7. The van der Waals surface area contributed by atoms with Crippen LogP contribution in [-0.4, -0.2) is 20.7 Å². The summed E-state index contributed by atoms with van der Waals surface area (Å²) in [7, 11) is 0. The van der Waals surface area contributed by atoms with Crippen LogP contribution in [0.1, 0.15) is 15.9 Å². The molecule has 1 heterocycles. The van der Waals surface area contributed by atoms with Crippen molar-refractivity contribution in [2.24, 2.45) is 0 Å².